The number of furan rings is 1. The van der Waals surface area contributed by atoms with Crippen LogP contribution in [0.1, 0.15) is 28.7 Å². The number of thioether (sulfide) groups is 1. The smallest absolute Gasteiger partial charge is 0.134 e. The Kier molecular flexibility index (Phi) is 4.83. The average molecular weight is 571 g/mol. The van der Waals surface area contributed by atoms with Gasteiger partial charge in [0.05, 0.1) is 16.7 Å². The summed E-state index contributed by atoms with van der Waals surface area (Å²) in [7, 11) is 0. The zero-order valence-electron chi connectivity index (χ0n) is 23.3. The highest BCUT2D eigenvalue weighted by Crippen LogP contribution is 2.53. The number of nitrogens with zero attached hydrogens (tertiary/aromatic N) is 1. The van der Waals surface area contributed by atoms with Gasteiger partial charge in [-0.3, -0.25) is 0 Å². The Morgan fingerprint density at radius 2 is 1.35 bits per heavy atom. The number of nitrogens with one attached hydrogen (secondary N) is 1. The summed E-state index contributed by atoms with van der Waals surface area (Å²) in [5, 5.41) is 12.9. The number of hydrogen-bond acceptors (Lipinski definition) is 3. The number of allylic oxidation sites excluding steroid dienone is 1. The van der Waals surface area contributed by atoms with Gasteiger partial charge in [-0.1, -0.05) is 103 Å². The molecular formula is C39H26N2OS. The fraction of sp³-hybridized carbons (Fsp3) is 0.0769. The summed E-state index contributed by atoms with van der Waals surface area (Å²) in [6.45, 7) is 0. The summed E-state index contributed by atoms with van der Waals surface area (Å²) >= 11 is 1.94. The Bertz CT molecular complexity index is 2480. The van der Waals surface area contributed by atoms with Crippen LogP contribution >= 0.6 is 11.8 Å². The van der Waals surface area contributed by atoms with Crippen LogP contribution in [0.2, 0.25) is 0 Å². The first kappa shape index (κ1) is 23.6. The molecule has 0 radical (unpaired) electrons. The highest BCUT2D eigenvalue weighted by molar-refractivity contribution is 8.08. The molecule has 3 nitrogen and oxygen atoms in total. The zero-order chi connectivity index (χ0) is 28.1. The number of aromatic nitrogens is 1. The minimum absolute atomic E-state index is 0.144. The van der Waals surface area contributed by atoms with Crippen LogP contribution in [0.25, 0.3) is 64.9 Å². The molecule has 43 heavy (non-hydrogen) atoms. The summed E-state index contributed by atoms with van der Waals surface area (Å²) in [5.41, 5.74) is 8.62. The molecule has 0 spiro atoms. The van der Waals surface area contributed by atoms with E-state index in [-0.39, 0.29) is 5.37 Å². The number of rotatable bonds is 2. The second-order valence-electron chi connectivity index (χ2n) is 11.6. The van der Waals surface area contributed by atoms with Crippen LogP contribution in [0.3, 0.4) is 0 Å². The SMILES string of the molecule is c1ccc2cc3c(cc2c1)c1ccccc1n3-c1ccc(C2NC3=C(S2)c2c(oc4ccccc24)CC3)c2ccccc12. The van der Waals surface area contributed by atoms with Gasteiger partial charge in [-0.15, -0.1) is 0 Å². The second kappa shape index (κ2) is 8.79. The maximum Gasteiger partial charge on any atom is 0.134 e. The minimum atomic E-state index is 0.144. The molecular weight excluding hydrogens is 545 g/mol. The third kappa shape index (κ3) is 3.33. The van der Waals surface area contributed by atoms with Gasteiger partial charge in [-0.05, 0) is 58.5 Å². The van der Waals surface area contributed by atoms with E-state index in [2.05, 4.69) is 131 Å². The van der Waals surface area contributed by atoms with E-state index < -0.39 is 0 Å². The van der Waals surface area contributed by atoms with Crippen LogP contribution in [0, 0.1) is 0 Å². The van der Waals surface area contributed by atoms with E-state index in [1.54, 1.807) is 0 Å². The van der Waals surface area contributed by atoms with Crippen molar-refractivity contribution < 1.29 is 4.42 Å². The van der Waals surface area contributed by atoms with Crippen molar-refractivity contribution in [2.45, 2.75) is 18.2 Å². The van der Waals surface area contributed by atoms with E-state index in [1.807, 2.05) is 11.8 Å². The van der Waals surface area contributed by atoms with Gasteiger partial charge >= 0.3 is 0 Å². The molecule has 1 atom stereocenters. The summed E-state index contributed by atoms with van der Waals surface area (Å²) in [6, 6.07) is 44.2. The molecule has 204 valence electrons. The van der Waals surface area contributed by atoms with E-state index in [0.29, 0.717) is 0 Å². The minimum Gasteiger partial charge on any atom is -0.460 e. The van der Waals surface area contributed by atoms with Crippen LogP contribution in [-0.2, 0) is 6.42 Å². The van der Waals surface area contributed by atoms with E-state index >= 15 is 0 Å². The van der Waals surface area contributed by atoms with Crippen molar-refractivity contribution in [1.82, 2.24) is 9.88 Å². The van der Waals surface area contributed by atoms with Crippen molar-refractivity contribution in [3.05, 3.63) is 144 Å². The van der Waals surface area contributed by atoms with Crippen molar-refractivity contribution in [2.24, 2.45) is 0 Å². The Morgan fingerprint density at radius 3 is 2.23 bits per heavy atom. The molecule has 1 unspecified atom stereocenters. The van der Waals surface area contributed by atoms with Gasteiger partial charge in [0.2, 0.25) is 0 Å². The molecule has 0 saturated carbocycles. The highest BCUT2D eigenvalue weighted by Gasteiger charge is 2.34. The van der Waals surface area contributed by atoms with Gasteiger partial charge in [0.15, 0.2) is 0 Å². The first-order valence-corrected chi connectivity index (χ1v) is 15.8. The van der Waals surface area contributed by atoms with Crippen molar-refractivity contribution in [3.63, 3.8) is 0 Å². The van der Waals surface area contributed by atoms with Gasteiger partial charge in [0, 0.05) is 44.1 Å². The lowest BCUT2D eigenvalue weighted by molar-refractivity contribution is 0.538. The molecule has 0 fully saturated rings. The zero-order valence-corrected chi connectivity index (χ0v) is 24.1. The Labute approximate surface area is 252 Å². The molecule has 1 aliphatic heterocycles. The Balaban J connectivity index is 1.15. The maximum absolute atomic E-state index is 6.29. The maximum atomic E-state index is 6.29. The molecule has 0 saturated heterocycles. The topological polar surface area (TPSA) is 30.1 Å². The van der Waals surface area contributed by atoms with Crippen LogP contribution in [0.4, 0.5) is 0 Å². The monoisotopic (exact) mass is 570 g/mol. The molecule has 4 heteroatoms. The first-order valence-electron chi connectivity index (χ1n) is 14.9. The molecule has 2 aliphatic rings. The molecule has 0 bridgehead atoms. The van der Waals surface area contributed by atoms with E-state index in [1.165, 1.54) is 76.2 Å². The predicted molar refractivity (Wildman–Crippen MR) is 181 cm³/mol. The third-order valence-corrected chi connectivity index (χ3v) is 10.6. The van der Waals surface area contributed by atoms with Gasteiger partial charge in [-0.2, -0.15) is 0 Å². The number of fused-ring (bicyclic) bond motifs is 9. The Morgan fingerprint density at radius 1 is 0.628 bits per heavy atom. The van der Waals surface area contributed by atoms with Crippen LogP contribution < -0.4 is 5.32 Å². The lowest BCUT2D eigenvalue weighted by atomic mass is 9.99. The van der Waals surface area contributed by atoms with Crippen molar-refractivity contribution in [1.29, 1.82) is 0 Å². The summed E-state index contributed by atoms with van der Waals surface area (Å²) < 4.78 is 8.75. The molecule has 2 aromatic heterocycles. The third-order valence-electron chi connectivity index (χ3n) is 9.31. The highest BCUT2D eigenvalue weighted by atomic mass is 32.2. The summed E-state index contributed by atoms with van der Waals surface area (Å²) in [4.78, 5) is 1.35. The van der Waals surface area contributed by atoms with Gasteiger partial charge < -0.3 is 14.3 Å². The Hall–Kier alpha value is -4.93. The average Bonchev–Trinajstić information content (AvgIpc) is 3.75. The number of aryl methyl sites for hydroxylation is 1. The fourth-order valence-electron chi connectivity index (χ4n) is 7.38. The standard InChI is InChI=1S/C39H26N2OS/c1-2-10-24-22-34-30(21-23(24)9-1)27-13-5-7-15-32(27)41(34)33-19-17-28(25-11-3-4-12-26(25)33)39-40-31-18-20-36-37(38(31)43-39)29-14-6-8-16-35(29)42-36/h1-17,19,21-22,39-40H,18,20H2. The molecule has 0 amide bonds. The molecule has 1 aliphatic carbocycles. The summed E-state index contributed by atoms with van der Waals surface area (Å²) in [5.74, 6) is 1.12. The van der Waals surface area contributed by atoms with E-state index in [9.17, 15) is 0 Å². The normalized spacial score (nSPS) is 16.4. The van der Waals surface area contributed by atoms with E-state index in [4.69, 9.17) is 4.42 Å². The lowest BCUT2D eigenvalue weighted by Crippen LogP contribution is -2.15. The van der Waals surface area contributed by atoms with Gasteiger partial charge in [0.25, 0.3) is 0 Å². The van der Waals surface area contributed by atoms with Crippen LogP contribution in [-0.4, -0.2) is 4.57 Å². The molecule has 8 aromatic rings. The second-order valence-corrected chi connectivity index (χ2v) is 12.8. The van der Waals surface area contributed by atoms with Crippen LogP contribution in [0.15, 0.2) is 131 Å². The predicted octanol–water partition coefficient (Wildman–Crippen LogP) is 10.5. The molecule has 1 N–H and O–H groups in total. The molecule has 3 heterocycles. The quantitative estimate of drug-likeness (QED) is 0.224. The number of hydrogen-bond donors (Lipinski definition) is 1. The van der Waals surface area contributed by atoms with E-state index in [0.717, 1.165) is 24.2 Å². The molecule has 6 aromatic carbocycles. The van der Waals surface area contributed by atoms with Crippen molar-refractivity contribution >= 4 is 71.0 Å². The number of para-hydroxylation sites is 2. The van der Waals surface area contributed by atoms with Crippen molar-refractivity contribution in [3.8, 4) is 5.69 Å². The van der Waals surface area contributed by atoms with Crippen LogP contribution in [0.5, 0.6) is 0 Å². The summed E-state index contributed by atoms with van der Waals surface area (Å²) in [6.07, 6.45) is 1.92. The van der Waals surface area contributed by atoms with Gasteiger partial charge in [0.1, 0.15) is 16.7 Å². The molecule has 10 rings (SSSR count). The largest absolute Gasteiger partial charge is 0.460 e. The van der Waals surface area contributed by atoms with Crippen molar-refractivity contribution in [2.75, 3.05) is 0 Å². The lowest BCUT2D eigenvalue weighted by Gasteiger charge is -2.19. The number of benzene rings is 6. The van der Waals surface area contributed by atoms with Gasteiger partial charge in [-0.25, -0.2) is 0 Å². The fourth-order valence-corrected chi connectivity index (χ4v) is 8.80. The first-order chi connectivity index (χ1) is 21.3.